The lowest BCUT2D eigenvalue weighted by molar-refractivity contribution is -0.320. The topological polar surface area (TPSA) is 35.5 Å². The highest BCUT2D eigenvalue weighted by Gasteiger charge is 2.19. The van der Waals surface area contributed by atoms with Gasteiger partial charge in [-0.15, -0.1) is 0 Å². The molecule has 0 bridgehead atoms. The summed E-state index contributed by atoms with van der Waals surface area (Å²) in [4.78, 5) is 21.1. The second-order valence-electron chi connectivity index (χ2n) is 4.64. The van der Waals surface area contributed by atoms with Crippen LogP contribution in [0.1, 0.15) is 47.0 Å². The van der Waals surface area contributed by atoms with Crippen molar-refractivity contribution in [2.24, 2.45) is 0 Å². The standard InChI is InChI=1S/C10H22O3Si/c1-5-6-7-8(14)9(11)12-13-10(2,3)4/h8H,5-7H2,1-4,14H3. The van der Waals surface area contributed by atoms with Gasteiger partial charge in [0.25, 0.3) is 0 Å². The predicted octanol–water partition coefficient (Wildman–Crippen LogP) is 1.60. The molecule has 0 aromatic carbocycles. The van der Waals surface area contributed by atoms with E-state index in [2.05, 4.69) is 6.92 Å². The Morgan fingerprint density at radius 2 is 2.00 bits per heavy atom. The lowest BCUT2D eigenvalue weighted by Gasteiger charge is -2.18. The average molecular weight is 218 g/mol. The Morgan fingerprint density at radius 3 is 2.43 bits per heavy atom. The molecule has 0 aromatic rings. The van der Waals surface area contributed by atoms with Crippen LogP contribution in [-0.4, -0.2) is 21.8 Å². The van der Waals surface area contributed by atoms with Crippen LogP contribution in [0.3, 0.4) is 0 Å². The first kappa shape index (κ1) is 13.6. The Balaban J connectivity index is 3.73. The molecule has 0 amide bonds. The van der Waals surface area contributed by atoms with Gasteiger partial charge in [0.15, 0.2) is 0 Å². The minimum Gasteiger partial charge on any atom is -0.298 e. The Bertz CT molecular complexity index is 175. The van der Waals surface area contributed by atoms with Crippen LogP contribution >= 0.6 is 0 Å². The van der Waals surface area contributed by atoms with E-state index >= 15 is 0 Å². The number of hydrogen-bond donors (Lipinski definition) is 0. The maximum Gasteiger partial charge on any atom is 0.341 e. The van der Waals surface area contributed by atoms with Crippen LogP contribution in [-0.2, 0) is 14.6 Å². The van der Waals surface area contributed by atoms with E-state index in [9.17, 15) is 4.79 Å². The molecule has 0 radical (unpaired) electrons. The van der Waals surface area contributed by atoms with Crippen molar-refractivity contribution in [2.75, 3.05) is 0 Å². The Labute approximate surface area is 89.5 Å². The number of rotatable bonds is 5. The minimum atomic E-state index is -0.415. The first-order chi connectivity index (χ1) is 6.37. The van der Waals surface area contributed by atoms with Gasteiger partial charge in [-0.05, 0) is 27.2 Å². The van der Waals surface area contributed by atoms with E-state index in [1.807, 2.05) is 20.8 Å². The number of hydrogen-bond acceptors (Lipinski definition) is 3. The van der Waals surface area contributed by atoms with Gasteiger partial charge >= 0.3 is 5.97 Å². The van der Waals surface area contributed by atoms with Gasteiger partial charge in [-0.2, -0.15) is 4.89 Å². The zero-order valence-corrected chi connectivity index (χ0v) is 11.9. The van der Waals surface area contributed by atoms with Crippen LogP contribution in [0.15, 0.2) is 0 Å². The van der Waals surface area contributed by atoms with Crippen molar-refractivity contribution < 1.29 is 14.6 Å². The summed E-state index contributed by atoms with van der Waals surface area (Å²) in [6.45, 7) is 7.68. The molecule has 4 heteroatoms. The summed E-state index contributed by atoms with van der Waals surface area (Å²) in [5, 5.41) is 0. The second kappa shape index (κ2) is 6.19. The predicted molar refractivity (Wildman–Crippen MR) is 60.1 cm³/mol. The van der Waals surface area contributed by atoms with Crippen LogP contribution in [0.25, 0.3) is 0 Å². The summed E-state index contributed by atoms with van der Waals surface area (Å²) in [5.74, 6) is -0.208. The largest absolute Gasteiger partial charge is 0.341 e. The van der Waals surface area contributed by atoms with Gasteiger partial charge in [0, 0.05) is 15.8 Å². The van der Waals surface area contributed by atoms with Gasteiger partial charge in [0.05, 0.1) is 0 Å². The molecule has 0 N–H and O–H groups in total. The molecule has 0 heterocycles. The minimum absolute atomic E-state index is 0.0669. The highest BCUT2D eigenvalue weighted by atomic mass is 28.1. The molecule has 0 aliphatic rings. The molecule has 3 nitrogen and oxygen atoms in total. The Hall–Kier alpha value is -0.353. The fraction of sp³-hybridized carbons (Fsp3) is 0.900. The maximum absolute atomic E-state index is 11.4. The zero-order chi connectivity index (χ0) is 11.2. The lowest BCUT2D eigenvalue weighted by Crippen LogP contribution is -2.23. The first-order valence-electron chi connectivity index (χ1n) is 5.26. The van der Waals surface area contributed by atoms with Gasteiger partial charge in [0.1, 0.15) is 5.60 Å². The van der Waals surface area contributed by atoms with Gasteiger partial charge in [-0.1, -0.05) is 19.8 Å². The van der Waals surface area contributed by atoms with Crippen LogP contribution in [0, 0.1) is 0 Å². The highest BCUT2D eigenvalue weighted by molar-refractivity contribution is 6.22. The fourth-order valence-electron chi connectivity index (χ4n) is 0.876. The maximum atomic E-state index is 11.4. The van der Waals surface area contributed by atoms with E-state index in [4.69, 9.17) is 9.78 Å². The van der Waals surface area contributed by atoms with E-state index in [1.54, 1.807) is 0 Å². The van der Waals surface area contributed by atoms with Gasteiger partial charge in [0.2, 0.25) is 0 Å². The number of carbonyl (C=O) groups excluding carboxylic acids is 1. The SMILES string of the molecule is CCCCC([SiH3])C(=O)OOC(C)(C)C. The Morgan fingerprint density at radius 1 is 1.43 bits per heavy atom. The molecular weight excluding hydrogens is 196 g/mol. The van der Waals surface area contributed by atoms with Crippen LogP contribution in [0.5, 0.6) is 0 Å². The summed E-state index contributed by atoms with van der Waals surface area (Å²) >= 11 is 0. The molecule has 84 valence electrons. The van der Waals surface area contributed by atoms with E-state index in [-0.39, 0.29) is 11.5 Å². The van der Waals surface area contributed by atoms with Crippen molar-refractivity contribution in [2.45, 2.75) is 58.1 Å². The molecule has 0 saturated heterocycles. The lowest BCUT2D eigenvalue weighted by atomic mass is 10.2. The van der Waals surface area contributed by atoms with Crippen molar-refractivity contribution in [1.82, 2.24) is 0 Å². The quantitative estimate of drug-likeness (QED) is 0.399. The van der Waals surface area contributed by atoms with Crippen LogP contribution in [0.2, 0.25) is 5.54 Å². The van der Waals surface area contributed by atoms with Crippen molar-refractivity contribution in [3.63, 3.8) is 0 Å². The third kappa shape index (κ3) is 7.09. The first-order valence-corrected chi connectivity index (χ1v) is 6.42. The molecule has 0 aliphatic carbocycles. The molecule has 1 unspecified atom stereocenters. The van der Waals surface area contributed by atoms with Gasteiger partial charge < -0.3 is 0 Å². The molecule has 0 aliphatic heterocycles. The van der Waals surface area contributed by atoms with Crippen LogP contribution in [0.4, 0.5) is 0 Å². The third-order valence-corrected chi connectivity index (χ3v) is 2.82. The Kier molecular flexibility index (Phi) is 6.03. The molecule has 0 fully saturated rings. The van der Waals surface area contributed by atoms with Crippen molar-refractivity contribution in [3.8, 4) is 0 Å². The van der Waals surface area contributed by atoms with Gasteiger partial charge in [-0.3, -0.25) is 4.89 Å². The van der Waals surface area contributed by atoms with Crippen molar-refractivity contribution >= 4 is 16.2 Å². The molecule has 1 atom stereocenters. The second-order valence-corrected chi connectivity index (χ2v) is 6.04. The summed E-state index contributed by atoms with van der Waals surface area (Å²) in [6, 6.07) is 0. The summed E-state index contributed by atoms with van der Waals surface area (Å²) in [6.07, 6.45) is 3.12. The third-order valence-electron chi connectivity index (χ3n) is 1.77. The average Bonchev–Trinajstić information content (AvgIpc) is 2.09. The summed E-state index contributed by atoms with van der Waals surface area (Å²) in [5.41, 5.74) is -0.348. The molecular formula is C10H22O3Si. The van der Waals surface area contributed by atoms with E-state index in [0.717, 1.165) is 29.5 Å². The fourth-order valence-corrected chi connectivity index (χ4v) is 1.38. The van der Waals surface area contributed by atoms with Gasteiger partial charge in [-0.25, -0.2) is 4.79 Å². The van der Waals surface area contributed by atoms with Crippen molar-refractivity contribution in [1.29, 1.82) is 0 Å². The molecule has 0 aromatic heterocycles. The normalized spacial score (nSPS) is 14.0. The summed E-state index contributed by atoms with van der Waals surface area (Å²) in [7, 11) is 0.834. The summed E-state index contributed by atoms with van der Waals surface area (Å²) < 4.78 is 0. The molecule has 14 heavy (non-hydrogen) atoms. The van der Waals surface area contributed by atoms with E-state index in [1.165, 1.54) is 0 Å². The number of carbonyl (C=O) groups is 1. The molecule has 0 saturated carbocycles. The monoisotopic (exact) mass is 218 g/mol. The molecule has 0 rings (SSSR count). The molecule has 0 spiro atoms. The van der Waals surface area contributed by atoms with Crippen molar-refractivity contribution in [3.05, 3.63) is 0 Å². The number of unbranched alkanes of at least 4 members (excludes halogenated alkanes) is 1. The highest BCUT2D eigenvalue weighted by Crippen LogP contribution is 2.15. The van der Waals surface area contributed by atoms with E-state index < -0.39 is 5.60 Å². The van der Waals surface area contributed by atoms with Crippen LogP contribution < -0.4 is 0 Å². The smallest absolute Gasteiger partial charge is 0.298 e. The van der Waals surface area contributed by atoms with E-state index in [0.29, 0.717) is 0 Å². The zero-order valence-electron chi connectivity index (χ0n) is 9.92.